The Morgan fingerprint density at radius 1 is 1.00 bits per heavy atom. The molecule has 0 amide bonds. The predicted octanol–water partition coefficient (Wildman–Crippen LogP) is 6.79. The molecule has 1 aromatic rings. The van der Waals surface area contributed by atoms with Crippen LogP contribution in [0.5, 0.6) is 11.5 Å². The van der Waals surface area contributed by atoms with Crippen molar-refractivity contribution in [1.82, 2.24) is 0 Å². The van der Waals surface area contributed by atoms with Gasteiger partial charge in [0, 0.05) is 5.56 Å². The van der Waals surface area contributed by atoms with Crippen LogP contribution >= 0.6 is 0 Å². The summed E-state index contributed by atoms with van der Waals surface area (Å²) in [6.07, 6.45) is 10.7. The summed E-state index contributed by atoms with van der Waals surface area (Å²) in [5.41, 5.74) is 1.88. The largest absolute Gasteiger partial charge is 0.508 e. The monoisotopic (exact) mass is 346 g/mol. The first-order valence-corrected chi connectivity index (χ1v) is 10.5. The second kappa shape index (κ2) is 9.50. The van der Waals surface area contributed by atoms with E-state index in [0.29, 0.717) is 29.3 Å². The first kappa shape index (κ1) is 20.1. The Balaban J connectivity index is 2.12. The molecule has 3 atom stereocenters. The topological polar surface area (TPSA) is 40.5 Å². The van der Waals surface area contributed by atoms with Crippen LogP contribution < -0.4 is 0 Å². The van der Waals surface area contributed by atoms with Gasteiger partial charge in [0.25, 0.3) is 0 Å². The smallest absolute Gasteiger partial charge is 0.123 e. The number of unbranched alkanes of at least 4 members (excludes halogenated alkanes) is 4. The first-order chi connectivity index (χ1) is 11.9. The minimum absolute atomic E-state index is 0.280. The van der Waals surface area contributed by atoms with Crippen LogP contribution in [-0.4, -0.2) is 10.2 Å². The van der Waals surface area contributed by atoms with Crippen LogP contribution in [0, 0.1) is 17.8 Å². The molecule has 1 aromatic carbocycles. The SMILES string of the molecule is CCCCCCCc1cc(O)c(C2CC(C)CCC2C(C)C)c(O)c1. The van der Waals surface area contributed by atoms with Gasteiger partial charge in [-0.05, 0) is 67.1 Å². The van der Waals surface area contributed by atoms with E-state index in [1.54, 1.807) is 0 Å². The maximum atomic E-state index is 10.7. The van der Waals surface area contributed by atoms with E-state index in [4.69, 9.17) is 0 Å². The fourth-order valence-corrected chi connectivity index (χ4v) is 4.67. The molecule has 0 saturated heterocycles. The fraction of sp³-hybridized carbons (Fsp3) is 0.739. The Kier molecular flexibility index (Phi) is 7.65. The van der Waals surface area contributed by atoms with E-state index in [-0.39, 0.29) is 5.92 Å². The van der Waals surface area contributed by atoms with Crippen molar-refractivity contribution in [2.75, 3.05) is 0 Å². The van der Waals surface area contributed by atoms with Crippen molar-refractivity contribution in [3.05, 3.63) is 23.3 Å². The van der Waals surface area contributed by atoms with E-state index in [9.17, 15) is 10.2 Å². The highest BCUT2D eigenvalue weighted by Crippen LogP contribution is 2.49. The van der Waals surface area contributed by atoms with E-state index in [2.05, 4.69) is 27.7 Å². The Labute approximate surface area is 154 Å². The van der Waals surface area contributed by atoms with Gasteiger partial charge in [0.1, 0.15) is 11.5 Å². The molecule has 1 saturated carbocycles. The van der Waals surface area contributed by atoms with Gasteiger partial charge in [-0.1, -0.05) is 59.8 Å². The van der Waals surface area contributed by atoms with Gasteiger partial charge < -0.3 is 10.2 Å². The van der Waals surface area contributed by atoms with Crippen LogP contribution in [-0.2, 0) is 6.42 Å². The van der Waals surface area contributed by atoms with Gasteiger partial charge in [0.15, 0.2) is 0 Å². The molecule has 0 heterocycles. The summed E-state index contributed by atoms with van der Waals surface area (Å²) in [5, 5.41) is 21.4. The van der Waals surface area contributed by atoms with Gasteiger partial charge >= 0.3 is 0 Å². The quantitative estimate of drug-likeness (QED) is 0.509. The van der Waals surface area contributed by atoms with Crippen LogP contribution in [0.3, 0.4) is 0 Å². The molecule has 2 heteroatoms. The van der Waals surface area contributed by atoms with Crippen molar-refractivity contribution < 1.29 is 10.2 Å². The summed E-state index contributed by atoms with van der Waals surface area (Å²) in [6, 6.07) is 3.82. The molecule has 25 heavy (non-hydrogen) atoms. The molecule has 0 aliphatic heterocycles. The van der Waals surface area contributed by atoms with Crippen molar-refractivity contribution in [3.63, 3.8) is 0 Å². The number of phenols is 2. The number of hydrogen-bond donors (Lipinski definition) is 2. The number of phenolic OH excluding ortho intramolecular Hbond substituents is 2. The van der Waals surface area contributed by atoms with Crippen LogP contribution in [0.15, 0.2) is 12.1 Å². The van der Waals surface area contributed by atoms with Crippen LogP contribution in [0.25, 0.3) is 0 Å². The molecule has 2 N–H and O–H groups in total. The predicted molar refractivity (Wildman–Crippen MR) is 106 cm³/mol. The first-order valence-electron chi connectivity index (χ1n) is 10.5. The molecule has 0 aromatic heterocycles. The Morgan fingerprint density at radius 2 is 1.64 bits per heavy atom. The number of hydrogen-bond acceptors (Lipinski definition) is 2. The van der Waals surface area contributed by atoms with E-state index in [1.165, 1.54) is 38.5 Å². The zero-order valence-corrected chi connectivity index (χ0v) is 16.7. The maximum absolute atomic E-state index is 10.7. The lowest BCUT2D eigenvalue weighted by atomic mass is 9.67. The highest BCUT2D eigenvalue weighted by atomic mass is 16.3. The number of aromatic hydroxyl groups is 2. The molecule has 142 valence electrons. The zero-order chi connectivity index (χ0) is 18.4. The van der Waals surface area contributed by atoms with Crippen LogP contribution in [0.1, 0.15) is 96.1 Å². The standard InChI is InChI=1S/C23H38O2/c1-5-6-7-8-9-10-18-14-21(24)23(22(25)15-18)20-13-17(4)11-12-19(20)16(2)3/h14-17,19-20,24-25H,5-13H2,1-4H3. The average molecular weight is 347 g/mol. The molecule has 2 nitrogen and oxygen atoms in total. The minimum atomic E-state index is 0.280. The molecule has 1 fully saturated rings. The third-order valence-corrected chi connectivity index (χ3v) is 6.16. The molecule has 1 aliphatic rings. The molecule has 0 spiro atoms. The Morgan fingerprint density at radius 3 is 2.24 bits per heavy atom. The molecular weight excluding hydrogens is 308 g/mol. The van der Waals surface area contributed by atoms with Crippen molar-refractivity contribution >= 4 is 0 Å². The summed E-state index contributed by atoms with van der Waals surface area (Å²) in [5.74, 6) is 2.70. The maximum Gasteiger partial charge on any atom is 0.123 e. The molecular formula is C23H38O2. The minimum Gasteiger partial charge on any atom is -0.508 e. The van der Waals surface area contributed by atoms with Gasteiger partial charge in [-0.25, -0.2) is 0 Å². The molecule has 3 unspecified atom stereocenters. The van der Waals surface area contributed by atoms with E-state index in [0.717, 1.165) is 30.4 Å². The van der Waals surface area contributed by atoms with Gasteiger partial charge in [-0.15, -0.1) is 0 Å². The number of rotatable bonds is 8. The van der Waals surface area contributed by atoms with E-state index >= 15 is 0 Å². The lowest BCUT2D eigenvalue weighted by Gasteiger charge is -2.38. The van der Waals surface area contributed by atoms with Gasteiger partial charge in [-0.3, -0.25) is 0 Å². The van der Waals surface area contributed by atoms with Crippen molar-refractivity contribution in [1.29, 1.82) is 0 Å². The summed E-state index contributed by atoms with van der Waals surface area (Å²) in [7, 11) is 0. The van der Waals surface area contributed by atoms with Crippen LogP contribution in [0.2, 0.25) is 0 Å². The molecule has 0 radical (unpaired) electrons. The van der Waals surface area contributed by atoms with Crippen molar-refractivity contribution in [2.24, 2.45) is 17.8 Å². The third-order valence-electron chi connectivity index (χ3n) is 6.16. The van der Waals surface area contributed by atoms with Crippen molar-refractivity contribution in [3.8, 4) is 11.5 Å². The number of aryl methyl sites for hydroxylation is 1. The van der Waals surface area contributed by atoms with Gasteiger partial charge in [0.2, 0.25) is 0 Å². The fourth-order valence-electron chi connectivity index (χ4n) is 4.67. The van der Waals surface area contributed by atoms with Gasteiger partial charge in [-0.2, -0.15) is 0 Å². The van der Waals surface area contributed by atoms with E-state index < -0.39 is 0 Å². The summed E-state index contributed by atoms with van der Waals surface area (Å²) < 4.78 is 0. The van der Waals surface area contributed by atoms with Crippen molar-refractivity contribution in [2.45, 2.75) is 91.4 Å². The lowest BCUT2D eigenvalue weighted by molar-refractivity contribution is 0.192. The van der Waals surface area contributed by atoms with E-state index in [1.807, 2.05) is 12.1 Å². The molecule has 0 bridgehead atoms. The Bertz CT molecular complexity index is 512. The highest BCUT2D eigenvalue weighted by Gasteiger charge is 2.34. The van der Waals surface area contributed by atoms with Gasteiger partial charge in [0.05, 0.1) is 0 Å². The second-order valence-electron chi connectivity index (χ2n) is 8.64. The average Bonchev–Trinajstić information content (AvgIpc) is 2.54. The third kappa shape index (κ3) is 5.39. The van der Waals surface area contributed by atoms with Crippen LogP contribution in [0.4, 0.5) is 0 Å². The Hall–Kier alpha value is -1.18. The summed E-state index contributed by atoms with van der Waals surface area (Å²) >= 11 is 0. The normalized spacial score (nSPS) is 24.0. The summed E-state index contributed by atoms with van der Waals surface area (Å²) in [6.45, 7) is 9.06. The lowest BCUT2D eigenvalue weighted by Crippen LogP contribution is -2.26. The highest BCUT2D eigenvalue weighted by molar-refractivity contribution is 5.49. The molecule has 1 aliphatic carbocycles. The molecule has 2 rings (SSSR count). The summed E-state index contributed by atoms with van der Waals surface area (Å²) in [4.78, 5) is 0. The second-order valence-corrected chi connectivity index (χ2v) is 8.64. The number of benzene rings is 1. The zero-order valence-electron chi connectivity index (χ0n) is 16.7.